The van der Waals surface area contributed by atoms with E-state index in [0.29, 0.717) is 0 Å². The van der Waals surface area contributed by atoms with Gasteiger partial charge in [-0.25, -0.2) is 0 Å². The van der Waals surface area contributed by atoms with Gasteiger partial charge in [-0.1, -0.05) is 394 Å². The first-order valence-corrected chi connectivity index (χ1v) is 43.9. The summed E-state index contributed by atoms with van der Waals surface area (Å²) < 4.78 is 2.54. The molecular formula is C102H74BN3Si3. The Bertz CT molecular complexity index is 5990. The predicted octanol–water partition coefficient (Wildman–Crippen LogP) is 14.7. The molecule has 7 heteroatoms. The second-order valence-corrected chi connectivity index (χ2v) is 40.3. The Kier molecular flexibility index (Phi) is 16.4. The molecule has 1 aromatic heterocycles. The average Bonchev–Trinajstić information content (AvgIpc) is 1.08. The van der Waals surface area contributed by atoms with Crippen molar-refractivity contribution in [2.75, 3.05) is 9.80 Å². The van der Waals surface area contributed by atoms with Crippen LogP contribution in [0.4, 0.5) is 34.1 Å². The zero-order valence-corrected chi connectivity index (χ0v) is 63.1. The van der Waals surface area contributed by atoms with Crippen molar-refractivity contribution >= 4 is 165 Å². The zero-order valence-electron chi connectivity index (χ0n) is 60.1. The first-order chi connectivity index (χ1) is 54.1. The topological polar surface area (TPSA) is 11.4 Å². The maximum atomic E-state index is 2.70. The second kappa shape index (κ2) is 27.3. The van der Waals surface area contributed by atoms with Crippen molar-refractivity contribution in [1.29, 1.82) is 0 Å². The van der Waals surface area contributed by atoms with Gasteiger partial charge in [-0.05, 0) is 139 Å². The number of aromatic nitrogens is 1. The van der Waals surface area contributed by atoms with E-state index in [4.69, 9.17) is 0 Å². The van der Waals surface area contributed by atoms with Crippen LogP contribution in [0.2, 0.25) is 0 Å². The van der Waals surface area contributed by atoms with Crippen LogP contribution in [0.3, 0.4) is 0 Å². The summed E-state index contributed by atoms with van der Waals surface area (Å²) in [4.78, 5) is 5.33. The van der Waals surface area contributed by atoms with Gasteiger partial charge in [0.1, 0.15) is 0 Å². The number of benzene rings is 17. The van der Waals surface area contributed by atoms with E-state index in [1.165, 1.54) is 89.4 Å². The van der Waals surface area contributed by atoms with Crippen molar-refractivity contribution in [2.45, 2.75) is 0 Å². The summed E-state index contributed by atoms with van der Waals surface area (Å²) in [5.74, 6) is 0. The molecule has 20 rings (SSSR count). The Morgan fingerprint density at radius 2 is 0.477 bits per heavy atom. The van der Waals surface area contributed by atoms with E-state index in [2.05, 4.69) is 463 Å². The Balaban J connectivity index is 0.952. The third kappa shape index (κ3) is 10.4. The highest BCUT2D eigenvalue weighted by atomic mass is 28.3. The lowest BCUT2D eigenvalue weighted by molar-refractivity contribution is 1.16. The number of fused-ring (bicyclic) bond motifs is 7. The largest absolute Gasteiger partial charge is 0.311 e. The molecule has 0 bridgehead atoms. The summed E-state index contributed by atoms with van der Waals surface area (Å²) in [6.07, 6.45) is 0. The fourth-order valence-electron chi connectivity index (χ4n) is 18.9. The van der Waals surface area contributed by atoms with Gasteiger partial charge < -0.3 is 14.4 Å². The Morgan fingerprint density at radius 1 is 0.193 bits per heavy atom. The van der Waals surface area contributed by atoms with Gasteiger partial charge in [0.25, 0.3) is 6.71 Å². The van der Waals surface area contributed by atoms with E-state index in [1.54, 1.807) is 0 Å². The van der Waals surface area contributed by atoms with Crippen LogP contribution in [0.25, 0.3) is 38.6 Å². The molecule has 0 saturated carbocycles. The van der Waals surface area contributed by atoms with Crippen LogP contribution in [0.1, 0.15) is 0 Å². The summed E-state index contributed by atoms with van der Waals surface area (Å²) in [5, 5.41) is 18.4. The van der Waals surface area contributed by atoms with Gasteiger partial charge in [0.05, 0.1) is 22.4 Å². The number of hydrogen-bond acceptors (Lipinski definition) is 2. The molecule has 2 aliphatic rings. The molecule has 0 atom stereocenters. The van der Waals surface area contributed by atoms with Crippen LogP contribution >= 0.6 is 0 Å². The highest BCUT2D eigenvalue weighted by Gasteiger charge is 2.50. The molecule has 0 spiro atoms. The number of para-hydroxylation sites is 3. The van der Waals surface area contributed by atoms with Gasteiger partial charge in [-0.3, -0.25) is 0 Å². The van der Waals surface area contributed by atoms with Crippen LogP contribution in [-0.4, -0.2) is 35.5 Å². The zero-order chi connectivity index (χ0) is 72.3. The van der Waals surface area contributed by atoms with E-state index in [-0.39, 0.29) is 6.71 Å². The van der Waals surface area contributed by atoms with Crippen molar-refractivity contribution in [3.05, 3.63) is 449 Å². The minimum atomic E-state index is -3.21. The second-order valence-electron chi connectivity index (χ2n) is 28.9. The lowest BCUT2D eigenvalue weighted by atomic mass is 9.33. The van der Waals surface area contributed by atoms with E-state index in [9.17, 15) is 0 Å². The molecule has 0 amide bonds. The normalized spacial score (nSPS) is 12.5. The molecule has 0 unspecified atom stereocenters. The number of anilines is 6. The van der Waals surface area contributed by atoms with Crippen LogP contribution < -0.4 is 88.4 Å². The summed E-state index contributed by atoms with van der Waals surface area (Å²) in [5.41, 5.74) is 16.1. The first kappa shape index (κ1) is 65.4. The van der Waals surface area contributed by atoms with Gasteiger partial charge >= 0.3 is 0 Å². The van der Waals surface area contributed by atoms with Crippen LogP contribution in [0, 0.1) is 0 Å². The summed E-state index contributed by atoms with van der Waals surface area (Å²) in [6.45, 7) is -0.310. The van der Waals surface area contributed by atoms with Crippen molar-refractivity contribution in [1.82, 2.24) is 4.57 Å². The van der Waals surface area contributed by atoms with Gasteiger partial charge in [0, 0.05) is 44.8 Å². The molecule has 3 nitrogen and oxygen atoms in total. The van der Waals surface area contributed by atoms with Gasteiger partial charge in [-0.2, -0.15) is 0 Å². The molecule has 512 valence electrons. The van der Waals surface area contributed by atoms with Crippen LogP contribution in [0.5, 0.6) is 0 Å². The Morgan fingerprint density at radius 3 is 0.853 bits per heavy atom. The fraction of sp³-hybridized carbons (Fsp3) is 0. The summed E-state index contributed by atoms with van der Waals surface area (Å²) >= 11 is 0. The van der Waals surface area contributed by atoms with E-state index in [1.807, 2.05) is 0 Å². The first-order valence-electron chi connectivity index (χ1n) is 37.9. The Labute approximate surface area is 641 Å². The summed E-state index contributed by atoms with van der Waals surface area (Å²) in [6, 6.07) is 171. The SMILES string of the molecule is c1ccc(-c2ccccc2N2c3ccc([Si](c4ccccc4)(c4ccccc4)c4ccccc4)cc3B3c4cc([Si](c5ccccc5)(c5ccccc5)c5ccccc5)ccc4N(c4ccc([Si](c5ccccc5)(c5ccccc5)c5ccccc5)cc4)c4cc(-n5c6ccccc6c6ccccc65)cc2c43)cc1. The lowest BCUT2D eigenvalue weighted by Crippen LogP contribution is -2.76. The predicted molar refractivity (Wildman–Crippen MR) is 471 cm³/mol. The highest BCUT2D eigenvalue weighted by molar-refractivity contribution is 7.21. The maximum Gasteiger partial charge on any atom is 0.252 e. The molecule has 2 aliphatic heterocycles. The molecule has 17 aromatic carbocycles. The molecule has 0 fully saturated rings. The highest BCUT2D eigenvalue weighted by Crippen LogP contribution is 2.48. The molecule has 3 heterocycles. The molecular weight excluding hydrogens is 1360 g/mol. The van der Waals surface area contributed by atoms with E-state index in [0.717, 1.165) is 62.0 Å². The molecule has 0 radical (unpaired) electrons. The van der Waals surface area contributed by atoms with Crippen LogP contribution in [0.15, 0.2) is 449 Å². The maximum absolute atomic E-state index is 3.21. The Hall–Kier alpha value is -13.1. The molecule has 0 aliphatic carbocycles. The average molecular weight is 1440 g/mol. The summed E-state index contributed by atoms with van der Waals surface area (Å²) in [7, 11) is -9.40. The monoisotopic (exact) mass is 1440 g/mol. The van der Waals surface area contributed by atoms with Gasteiger partial charge in [0.2, 0.25) is 0 Å². The number of rotatable bonds is 16. The minimum Gasteiger partial charge on any atom is -0.311 e. The molecule has 0 saturated heterocycles. The van der Waals surface area contributed by atoms with E-state index >= 15 is 0 Å². The van der Waals surface area contributed by atoms with Crippen molar-refractivity contribution in [3.8, 4) is 16.8 Å². The smallest absolute Gasteiger partial charge is 0.252 e. The third-order valence-corrected chi connectivity index (χ3v) is 37.8. The van der Waals surface area contributed by atoms with Gasteiger partial charge in [-0.15, -0.1) is 0 Å². The number of nitrogens with zero attached hydrogens (tertiary/aromatic N) is 3. The lowest BCUT2D eigenvalue weighted by Gasteiger charge is -2.46. The standard InChI is InChI=1S/C102H74BN3Si3/c1-11-37-75(38-12-1)90-57-31-34-60-95(90)106-99-70-68-89(109(84-51-25-8-26-52-84,85-53-27-9-28-54-85)86-55-29-10-30-56-86)74-94(99)103-93-73-88(108(81-45-19-5-20-46-81,82-47-21-6-22-48-82)83-49-23-7-24-50-83)67-69-98(93)104(100-71-77(72-101(106)102(100)103)105-96-61-35-32-58-91(96)92-59-33-36-62-97(92)105)76-63-65-87(66-64-76)107(78-39-13-2-14-40-78,79-41-15-3-16-42-79)80-43-17-4-18-44-80/h1-74H. The third-order valence-electron chi connectivity index (χ3n) is 23.4. The molecule has 109 heavy (non-hydrogen) atoms. The van der Waals surface area contributed by atoms with E-state index < -0.39 is 24.2 Å². The van der Waals surface area contributed by atoms with Crippen LogP contribution in [-0.2, 0) is 0 Å². The number of hydrogen-bond donors (Lipinski definition) is 0. The van der Waals surface area contributed by atoms with Gasteiger partial charge in [0.15, 0.2) is 24.2 Å². The molecule has 18 aromatic rings. The van der Waals surface area contributed by atoms with Crippen molar-refractivity contribution in [2.24, 2.45) is 0 Å². The van der Waals surface area contributed by atoms with Crippen molar-refractivity contribution in [3.63, 3.8) is 0 Å². The fourth-order valence-corrected chi connectivity index (χ4v) is 33.2. The minimum absolute atomic E-state index is 0.310. The quantitative estimate of drug-likeness (QED) is 0.0706. The molecule has 0 N–H and O–H groups in total. The van der Waals surface area contributed by atoms with Crippen molar-refractivity contribution < 1.29 is 0 Å².